The fourth-order valence-electron chi connectivity index (χ4n) is 1.42. The molecule has 1 atom stereocenters. The summed E-state index contributed by atoms with van der Waals surface area (Å²) in [5.41, 5.74) is 3.36. The lowest BCUT2D eigenvalue weighted by Crippen LogP contribution is -2.29. The first-order valence-electron chi connectivity index (χ1n) is 4.74. The van der Waals surface area contributed by atoms with Crippen molar-refractivity contribution in [2.24, 2.45) is 5.84 Å². The molecule has 0 aliphatic heterocycles. The summed E-state index contributed by atoms with van der Waals surface area (Å²) in [6, 6.07) is 1.25. The van der Waals surface area contributed by atoms with E-state index in [-0.39, 0.29) is 11.9 Å². The Morgan fingerprint density at radius 2 is 2.38 bits per heavy atom. The highest BCUT2D eigenvalue weighted by molar-refractivity contribution is 7.09. The third-order valence-corrected chi connectivity index (χ3v) is 2.99. The Balaban J connectivity index is 2.16. The predicted octanol–water partition coefficient (Wildman–Crippen LogP) is 1.42. The highest BCUT2D eigenvalue weighted by Gasteiger charge is 2.13. The fourth-order valence-corrected chi connectivity index (χ4v) is 2.08. The van der Waals surface area contributed by atoms with E-state index in [0.717, 1.165) is 10.6 Å². The van der Waals surface area contributed by atoms with Crippen molar-refractivity contribution in [2.45, 2.75) is 12.5 Å². The number of halogens is 1. The third kappa shape index (κ3) is 2.60. The van der Waals surface area contributed by atoms with E-state index in [1.165, 1.54) is 12.3 Å². The van der Waals surface area contributed by atoms with Crippen molar-refractivity contribution < 1.29 is 4.39 Å². The van der Waals surface area contributed by atoms with E-state index in [1.807, 2.05) is 5.38 Å². The van der Waals surface area contributed by atoms with E-state index < -0.39 is 0 Å². The molecule has 0 spiro atoms. The minimum Gasteiger partial charge on any atom is -0.271 e. The van der Waals surface area contributed by atoms with Crippen LogP contribution in [0, 0.1) is 5.82 Å². The summed E-state index contributed by atoms with van der Waals surface area (Å²) >= 11 is 1.54. The number of pyridine rings is 1. The maximum absolute atomic E-state index is 13.0. The molecule has 2 aromatic heterocycles. The van der Waals surface area contributed by atoms with Gasteiger partial charge in [0.25, 0.3) is 0 Å². The predicted molar refractivity (Wildman–Crippen MR) is 60.1 cm³/mol. The third-order valence-electron chi connectivity index (χ3n) is 2.19. The van der Waals surface area contributed by atoms with Crippen LogP contribution >= 0.6 is 11.3 Å². The van der Waals surface area contributed by atoms with Gasteiger partial charge in [-0.15, -0.1) is 11.3 Å². The number of nitrogens with one attached hydrogen (secondary N) is 1. The Kier molecular flexibility index (Phi) is 3.55. The minimum atomic E-state index is -0.364. The normalized spacial score (nSPS) is 12.6. The maximum Gasteiger partial charge on any atom is 0.141 e. The average Bonchev–Trinajstić information content (AvgIpc) is 2.78. The first kappa shape index (κ1) is 11.1. The molecule has 0 aromatic carbocycles. The molecular weight excluding hydrogens is 227 g/mol. The van der Waals surface area contributed by atoms with Crippen molar-refractivity contribution in [2.75, 3.05) is 0 Å². The Labute approximate surface area is 96.3 Å². The van der Waals surface area contributed by atoms with Gasteiger partial charge in [-0.05, 0) is 11.6 Å². The summed E-state index contributed by atoms with van der Waals surface area (Å²) in [6.07, 6.45) is 5.12. The summed E-state index contributed by atoms with van der Waals surface area (Å²) in [4.78, 5) is 7.96. The van der Waals surface area contributed by atoms with Crippen LogP contribution in [-0.4, -0.2) is 9.97 Å². The van der Waals surface area contributed by atoms with Gasteiger partial charge in [0, 0.05) is 24.2 Å². The van der Waals surface area contributed by atoms with Crippen LogP contribution in [0.4, 0.5) is 4.39 Å². The highest BCUT2D eigenvalue weighted by Crippen LogP contribution is 2.18. The van der Waals surface area contributed by atoms with Crippen LogP contribution in [0.15, 0.2) is 30.0 Å². The summed E-state index contributed by atoms with van der Waals surface area (Å²) in [7, 11) is 0. The van der Waals surface area contributed by atoms with E-state index in [4.69, 9.17) is 5.84 Å². The van der Waals surface area contributed by atoms with Crippen molar-refractivity contribution in [3.05, 3.63) is 46.4 Å². The molecule has 0 amide bonds. The Bertz CT molecular complexity index is 446. The second kappa shape index (κ2) is 5.11. The summed E-state index contributed by atoms with van der Waals surface area (Å²) < 4.78 is 13.0. The Morgan fingerprint density at radius 3 is 3.00 bits per heavy atom. The number of nitrogens with two attached hydrogens (primary N) is 1. The molecule has 84 valence electrons. The molecule has 0 radical (unpaired) electrons. The van der Waals surface area contributed by atoms with Crippen LogP contribution in [0.5, 0.6) is 0 Å². The first-order chi connectivity index (χ1) is 7.79. The van der Waals surface area contributed by atoms with Gasteiger partial charge in [-0.2, -0.15) is 0 Å². The van der Waals surface area contributed by atoms with Gasteiger partial charge in [0.1, 0.15) is 5.82 Å². The van der Waals surface area contributed by atoms with E-state index in [0.29, 0.717) is 6.42 Å². The lowest BCUT2D eigenvalue weighted by molar-refractivity contribution is 0.540. The number of hydrazine groups is 1. The largest absolute Gasteiger partial charge is 0.271 e. The number of rotatable bonds is 4. The van der Waals surface area contributed by atoms with Gasteiger partial charge in [-0.25, -0.2) is 9.37 Å². The van der Waals surface area contributed by atoms with Crippen molar-refractivity contribution in [1.82, 2.24) is 15.4 Å². The Morgan fingerprint density at radius 1 is 1.50 bits per heavy atom. The second-order valence-electron chi connectivity index (χ2n) is 3.29. The molecule has 0 saturated carbocycles. The van der Waals surface area contributed by atoms with Gasteiger partial charge in [0.15, 0.2) is 0 Å². The maximum atomic E-state index is 13.0. The van der Waals surface area contributed by atoms with Crippen LogP contribution < -0.4 is 11.3 Å². The average molecular weight is 238 g/mol. The van der Waals surface area contributed by atoms with Crippen molar-refractivity contribution in [3.63, 3.8) is 0 Å². The summed E-state index contributed by atoms with van der Waals surface area (Å²) in [5, 5.41) is 2.85. The molecule has 4 nitrogen and oxygen atoms in total. The lowest BCUT2D eigenvalue weighted by atomic mass is 10.1. The molecular formula is C10H11FN4S. The van der Waals surface area contributed by atoms with Gasteiger partial charge in [-0.1, -0.05) is 0 Å². The van der Waals surface area contributed by atoms with Crippen LogP contribution in [0.1, 0.15) is 16.6 Å². The SMILES string of the molecule is NNC(Cc1nccs1)c1cncc(F)c1. The highest BCUT2D eigenvalue weighted by atomic mass is 32.1. The van der Waals surface area contributed by atoms with Crippen LogP contribution in [0.25, 0.3) is 0 Å². The van der Waals surface area contributed by atoms with E-state index >= 15 is 0 Å². The summed E-state index contributed by atoms with van der Waals surface area (Å²) in [5.74, 6) is 5.08. The summed E-state index contributed by atoms with van der Waals surface area (Å²) in [6.45, 7) is 0. The minimum absolute atomic E-state index is 0.172. The first-order valence-corrected chi connectivity index (χ1v) is 5.62. The quantitative estimate of drug-likeness (QED) is 0.624. The molecule has 0 aliphatic rings. The van der Waals surface area contributed by atoms with E-state index in [2.05, 4.69) is 15.4 Å². The van der Waals surface area contributed by atoms with Gasteiger partial charge < -0.3 is 0 Å². The van der Waals surface area contributed by atoms with Crippen molar-refractivity contribution in [3.8, 4) is 0 Å². The number of hydrogen-bond acceptors (Lipinski definition) is 5. The Hall–Kier alpha value is -1.37. The standard InChI is InChI=1S/C10H11FN4S/c11-8-3-7(5-13-6-8)9(15-12)4-10-14-1-2-16-10/h1-3,5-6,9,15H,4,12H2. The zero-order valence-corrected chi connectivity index (χ0v) is 9.25. The topological polar surface area (TPSA) is 63.8 Å². The monoisotopic (exact) mass is 238 g/mol. The van der Waals surface area contributed by atoms with Gasteiger partial charge >= 0.3 is 0 Å². The van der Waals surface area contributed by atoms with Gasteiger partial charge in [0.05, 0.1) is 17.2 Å². The van der Waals surface area contributed by atoms with E-state index in [1.54, 1.807) is 23.7 Å². The molecule has 3 N–H and O–H groups in total. The molecule has 6 heteroatoms. The molecule has 2 heterocycles. The van der Waals surface area contributed by atoms with Crippen LogP contribution in [0.3, 0.4) is 0 Å². The molecule has 1 unspecified atom stereocenters. The lowest BCUT2D eigenvalue weighted by Gasteiger charge is -2.14. The molecule has 2 aromatic rings. The molecule has 0 aliphatic carbocycles. The van der Waals surface area contributed by atoms with Gasteiger partial charge in [0.2, 0.25) is 0 Å². The molecule has 0 saturated heterocycles. The number of thiazole rings is 1. The van der Waals surface area contributed by atoms with Crippen molar-refractivity contribution in [1.29, 1.82) is 0 Å². The smallest absolute Gasteiger partial charge is 0.141 e. The molecule has 0 bridgehead atoms. The van der Waals surface area contributed by atoms with Crippen molar-refractivity contribution >= 4 is 11.3 Å². The zero-order chi connectivity index (χ0) is 11.4. The zero-order valence-electron chi connectivity index (χ0n) is 8.43. The van der Waals surface area contributed by atoms with Crippen LogP contribution in [0.2, 0.25) is 0 Å². The number of hydrogen-bond donors (Lipinski definition) is 2. The second-order valence-corrected chi connectivity index (χ2v) is 4.26. The molecule has 16 heavy (non-hydrogen) atoms. The fraction of sp³-hybridized carbons (Fsp3) is 0.200. The number of aromatic nitrogens is 2. The van der Waals surface area contributed by atoms with Gasteiger partial charge in [-0.3, -0.25) is 16.3 Å². The van der Waals surface area contributed by atoms with E-state index in [9.17, 15) is 4.39 Å². The number of nitrogens with zero attached hydrogens (tertiary/aromatic N) is 2. The molecule has 2 rings (SSSR count). The molecule has 0 fully saturated rings. The van der Waals surface area contributed by atoms with Crippen LogP contribution in [-0.2, 0) is 6.42 Å².